The highest BCUT2D eigenvalue weighted by molar-refractivity contribution is 9.10. The van der Waals surface area contributed by atoms with Crippen LogP contribution in [0.1, 0.15) is 16.8 Å². The van der Waals surface area contributed by atoms with E-state index in [0.717, 1.165) is 23.4 Å². The van der Waals surface area contributed by atoms with Crippen LogP contribution in [-0.2, 0) is 0 Å². The van der Waals surface area contributed by atoms with Gasteiger partial charge in [0.25, 0.3) is 5.91 Å². The number of halogens is 1. The Labute approximate surface area is 134 Å². The first kappa shape index (κ1) is 17.2. The van der Waals surface area contributed by atoms with Crippen LogP contribution in [0.2, 0.25) is 0 Å². The summed E-state index contributed by atoms with van der Waals surface area (Å²) < 4.78 is 0.897. The third-order valence-electron chi connectivity index (χ3n) is 2.66. The summed E-state index contributed by atoms with van der Waals surface area (Å²) in [5, 5.41) is 9.12. The predicted molar refractivity (Wildman–Crippen MR) is 90.7 cm³/mol. The van der Waals surface area contributed by atoms with Crippen molar-refractivity contribution < 1.29 is 4.79 Å². The molecule has 0 aliphatic carbocycles. The number of carbonyl (C=O) groups excluding carboxylic acids is 1. The van der Waals surface area contributed by atoms with E-state index < -0.39 is 0 Å². The van der Waals surface area contributed by atoms with Crippen LogP contribution in [0.25, 0.3) is 0 Å². The molecule has 0 heterocycles. The van der Waals surface area contributed by atoms with Crippen molar-refractivity contribution in [2.75, 3.05) is 26.7 Å². The number of nitrogens with one attached hydrogen (secondary N) is 3. The van der Waals surface area contributed by atoms with Gasteiger partial charge in [-0.3, -0.25) is 9.79 Å². The monoisotopic (exact) mass is 352 g/mol. The van der Waals surface area contributed by atoms with E-state index >= 15 is 0 Å². The van der Waals surface area contributed by atoms with Crippen LogP contribution >= 0.6 is 15.9 Å². The van der Waals surface area contributed by atoms with Gasteiger partial charge in [0, 0.05) is 36.7 Å². The number of hydrogen-bond donors (Lipinski definition) is 3. The van der Waals surface area contributed by atoms with Crippen molar-refractivity contribution >= 4 is 27.8 Å². The van der Waals surface area contributed by atoms with E-state index in [0.29, 0.717) is 18.7 Å². The Kier molecular flexibility index (Phi) is 8.19. The van der Waals surface area contributed by atoms with Crippen molar-refractivity contribution in [3.63, 3.8) is 0 Å². The molecule has 0 saturated carbocycles. The maximum Gasteiger partial charge on any atom is 0.251 e. The summed E-state index contributed by atoms with van der Waals surface area (Å²) in [7, 11) is 1.72. The molecule has 6 heteroatoms. The predicted octanol–water partition coefficient (Wildman–Crippen LogP) is 1.92. The molecular weight excluding hydrogens is 332 g/mol. The molecule has 5 nitrogen and oxygen atoms in total. The van der Waals surface area contributed by atoms with Gasteiger partial charge in [0.2, 0.25) is 0 Å². The zero-order valence-electron chi connectivity index (χ0n) is 12.2. The van der Waals surface area contributed by atoms with E-state index in [2.05, 4.69) is 43.5 Å². The van der Waals surface area contributed by atoms with Crippen molar-refractivity contribution in [3.05, 3.63) is 47.0 Å². The summed E-state index contributed by atoms with van der Waals surface area (Å²) >= 11 is 3.35. The van der Waals surface area contributed by atoms with Crippen LogP contribution in [0.4, 0.5) is 0 Å². The molecule has 1 rings (SSSR count). The topological polar surface area (TPSA) is 65.5 Å². The zero-order chi connectivity index (χ0) is 15.5. The first-order valence-electron chi connectivity index (χ1n) is 6.76. The number of aliphatic imine (C=N–C) groups is 1. The van der Waals surface area contributed by atoms with Gasteiger partial charge in [0.1, 0.15) is 0 Å². The fourth-order valence-corrected chi connectivity index (χ4v) is 2.02. The first-order chi connectivity index (χ1) is 10.2. The van der Waals surface area contributed by atoms with E-state index in [4.69, 9.17) is 0 Å². The lowest BCUT2D eigenvalue weighted by molar-refractivity contribution is 0.0953. The summed E-state index contributed by atoms with van der Waals surface area (Å²) in [5.74, 6) is 0.665. The van der Waals surface area contributed by atoms with E-state index in [1.807, 2.05) is 12.1 Å². The van der Waals surface area contributed by atoms with E-state index in [1.165, 1.54) is 0 Å². The van der Waals surface area contributed by atoms with Gasteiger partial charge >= 0.3 is 0 Å². The van der Waals surface area contributed by atoms with Crippen LogP contribution in [0.3, 0.4) is 0 Å². The van der Waals surface area contributed by atoms with Crippen LogP contribution in [0.15, 0.2) is 46.4 Å². The zero-order valence-corrected chi connectivity index (χ0v) is 13.7. The van der Waals surface area contributed by atoms with Crippen molar-refractivity contribution in [1.82, 2.24) is 16.0 Å². The lowest BCUT2D eigenvalue weighted by Gasteiger charge is -2.10. The summed E-state index contributed by atoms with van der Waals surface area (Å²) in [5.41, 5.74) is 0.654. The quantitative estimate of drug-likeness (QED) is 0.304. The Balaban J connectivity index is 2.22. The summed E-state index contributed by atoms with van der Waals surface area (Å²) in [4.78, 5) is 16.0. The largest absolute Gasteiger partial charge is 0.356 e. The van der Waals surface area contributed by atoms with Crippen LogP contribution in [0.5, 0.6) is 0 Å². The third kappa shape index (κ3) is 6.94. The summed E-state index contributed by atoms with van der Waals surface area (Å²) in [6.07, 6.45) is 2.58. The maximum absolute atomic E-state index is 11.9. The molecule has 0 saturated heterocycles. The maximum atomic E-state index is 11.9. The molecule has 0 aromatic heterocycles. The van der Waals surface area contributed by atoms with E-state index in [9.17, 15) is 4.79 Å². The van der Waals surface area contributed by atoms with Crippen molar-refractivity contribution in [3.8, 4) is 0 Å². The number of benzene rings is 1. The van der Waals surface area contributed by atoms with Gasteiger partial charge in [-0.2, -0.15) is 0 Å². The molecule has 0 atom stereocenters. The van der Waals surface area contributed by atoms with Gasteiger partial charge in [0.15, 0.2) is 5.96 Å². The molecule has 0 aliphatic rings. The van der Waals surface area contributed by atoms with E-state index in [-0.39, 0.29) is 5.91 Å². The number of hydrogen-bond acceptors (Lipinski definition) is 2. The van der Waals surface area contributed by atoms with Gasteiger partial charge in [-0.1, -0.05) is 28.1 Å². The molecule has 0 aliphatic heterocycles. The van der Waals surface area contributed by atoms with Crippen molar-refractivity contribution in [1.29, 1.82) is 0 Å². The Morgan fingerprint density at radius 2 is 2.10 bits per heavy atom. The Hall–Kier alpha value is -1.82. The highest BCUT2D eigenvalue weighted by Gasteiger charge is 2.04. The number of carbonyl (C=O) groups is 1. The normalized spacial score (nSPS) is 10.9. The van der Waals surface area contributed by atoms with Gasteiger partial charge in [-0.05, 0) is 24.6 Å². The minimum atomic E-state index is -0.0644. The average Bonchev–Trinajstić information content (AvgIpc) is 2.49. The minimum absolute atomic E-state index is 0.0644. The molecule has 21 heavy (non-hydrogen) atoms. The first-order valence-corrected chi connectivity index (χ1v) is 7.56. The van der Waals surface area contributed by atoms with Gasteiger partial charge < -0.3 is 16.0 Å². The second kappa shape index (κ2) is 9.99. The fourth-order valence-electron chi connectivity index (χ4n) is 1.62. The van der Waals surface area contributed by atoms with Crippen LogP contribution < -0.4 is 16.0 Å². The summed E-state index contributed by atoms with van der Waals surface area (Å²) in [6, 6.07) is 7.33. The molecule has 1 amide bonds. The standard InChI is InChI=1S/C15H21BrN4O/c1-3-8-19-15(17-2)20-10-5-9-18-14(21)12-6-4-7-13(16)11-12/h3-4,6-7,11H,1,5,8-10H2,2H3,(H,18,21)(H2,17,19,20). The molecule has 114 valence electrons. The molecular formula is C15H21BrN4O. The smallest absolute Gasteiger partial charge is 0.251 e. The lowest BCUT2D eigenvalue weighted by atomic mass is 10.2. The van der Waals surface area contributed by atoms with Crippen molar-refractivity contribution in [2.45, 2.75) is 6.42 Å². The third-order valence-corrected chi connectivity index (χ3v) is 3.15. The highest BCUT2D eigenvalue weighted by atomic mass is 79.9. The number of guanidine groups is 1. The molecule has 0 radical (unpaired) electrons. The molecule has 0 bridgehead atoms. The number of nitrogens with zero attached hydrogens (tertiary/aromatic N) is 1. The Morgan fingerprint density at radius 3 is 2.76 bits per heavy atom. The summed E-state index contributed by atoms with van der Waals surface area (Å²) in [6.45, 7) is 5.64. The molecule has 3 N–H and O–H groups in total. The molecule has 0 spiro atoms. The second-order valence-corrected chi connectivity index (χ2v) is 5.20. The highest BCUT2D eigenvalue weighted by Crippen LogP contribution is 2.11. The molecule has 0 fully saturated rings. The number of rotatable bonds is 7. The van der Waals surface area contributed by atoms with Crippen LogP contribution in [0, 0.1) is 0 Å². The average molecular weight is 353 g/mol. The van der Waals surface area contributed by atoms with Crippen LogP contribution in [-0.4, -0.2) is 38.5 Å². The Morgan fingerprint density at radius 1 is 1.33 bits per heavy atom. The van der Waals surface area contributed by atoms with Gasteiger partial charge in [-0.15, -0.1) is 6.58 Å². The minimum Gasteiger partial charge on any atom is -0.356 e. The lowest BCUT2D eigenvalue weighted by Crippen LogP contribution is -2.38. The number of amides is 1. The fraction of sp³-hybridized carbons (Fsp3) is 0.333. The molecule has 1 aromatic carbocycles. The molecule has 0 unspecified atom stereocenters. The van der Waals surface area contributed by atoms with E-state index in [1.54, 1.807) is 25.3 Å². The SMILES string of the molecule is C=CCNC(=NC)NCCCNC(=O)c1cccc(Br)c1. The van der Waals surface area contributed by atoms with Gasteiger partial charge in [0.05, 0.1) is 0 Å². The molecule has 1 aromatic rings. The Bertz CT molecular complexity index is 502. The van der Waals surface area contributed by atoms with Gasteiger partial charge in [-0.25, -0.2) is 0 Å². The second-order valence-electron chi connectivity index (χ2n) is 4.29. The van der Waals surface area contributed by atoms with Crippen molar-refractivity contribution in [2.24, 2.45) is 4.99 Å².